The zero-order chi connectivity index (χ0) is 20.6. The van der Waals surface area contributed by atoms with Crippen molar-refractivity contribution < 1.29 is 22.7 Å². The molecule has 2 aromatic rings. The summed E-state index contributed by atoms with van der Waals surface area (Å²) in [5.74, 6) is -1.05. The predicted molar refractivity (Wildman–Crippen MR) is 108 cm³/mol. The molecule has 1 atom stereocenters. The molecule has 0 heterocycles. The van der Waals surface area contributed by atoms with Gasteiger partial charge in [0.2, 0.25) is 0 Å². The third kappa shape index (κ3) is 6.55. The Labute approximate surface area is 164 Å². The molecule has 1 amide bonds. The van der Waals surface area contributed by atoms with E-state index >= 15 is 0 Å². The molecule has 2 aromatic carbocycles. The second-order valence-electron chi connectivity index (χ2n) is 5.88. The lowest BCUT2D eigenvalue weighted by Gasteiger charge is -2.13. The summed E-state index contributed by atoms with van der Waals surface area (Å²) in [6.07, 6.45) is 0.560. The first kappa shape index (κ1) is 21.2. The average Bonchev–Trinajstić information content (AvgIpc) is 2.67. The molecule has 0 spiro atoms. The summed E-state index contributed by atoms with van der Waals surface area (Å²) in [4.78, 5) is 23.7. The molecule has 28 heavy (non-hydrogen) atoms. The lowest BCUT2D eigenvalue weighted by molar-refractivity contribution is -0.128. The number of carbonyl (C=O) groups excluding carboxylic acids is 2. The van der Waals surface area contributed by atoms with Gasteiger partial charge in [-0.25, -0.2) is 13.2 Å². The molecule has 0 fully saturated rings. The van der Waals surface area contributed by atoms with Crippen LogP contribution in [0, 0.1) is 0 Å². The van der Waals surface area contributed by atoms with Crippen molar-refractivity contribution in [2.24, 2.45) is 0 Å². The minimum atomic E-state index is -3.70. The first-order chi connectivity index (χ1) is 13.3. The van der Waals surface area contributed by atoms with Gasteiger partial charge in [0.1, 0.15) is 0 Å². The summed E-state index contributed by atoms with van der Waals surface area (Å²) in [7, 11) is -3.70. The summed E-state index contributed by atoms with van der Waals surface area (Å²) in [6.45, 7) is 3.68. The van der Waals surface area contributed by atoms with Crippen LogP contribution in [-0.4, -0.2) is 32.9 Å². The molecule has 0 radical (unpaired) electrons. The molecule has 0 bridgehead atoms. The summed E-state index contributed by atoms with van der Waals surface area (Å²) in [5.41, 5.74) is 1.26. The number of benzene rings is 2. The van der Waals surface area contributed by atoms with Crippen LogP contribution < -0.4 is 10.0 Å². The van der Waals surface area contributed by atoms with E-state index in [1.54, 1.807) is 19.1 Å². The van der Waals surface area contributed by atoms with Gasteiger partial charge in [-0.15, -0.1) is 0 Å². The Morgan fingerprint density at radius 3 is 2.32 bits per heavy atom. The molecule has 0 saturated carbocycles. The normalized spacial score (nSPS) is 12.4. The zero-order valence-electron chi connectivity index (χ0n) is 15.6. The molecule has 8 heteroatoms. The minimum absolute atomic E-state index is 0.207. The van der Waals surface area contributed by atoms with Crippen molar-refractivity contribution in [1.29, 1.82) is 0 Å². The Morgan fingerprint density at radius 2 is 1.71 bits per heavy atom. The number of carbonyl (C=O) groups is 2. The van der Waals surface area contributed by atoms with Gasteiger partial charge in [-0.3, -0.25) is 9.52 Å². The van der Waals surface area contributed by atoms with E-state index in [2.05, 4.69) is 10.0 Å². The molecule has 0 aliphatic rings. The third-order valence-electron chi connectivity index (χ3n) is 3.62. The van der Waals surface area contributed by atoms with Crippen LogP contribution in [0.15, 0.2) is 60.0 Å². The molecule has 2 N–H and O–H groups in total. The number of nitrogens with one attached hydrogen (secondary N) is 2. The second-order valence-corrected chi connectivity index (χ2v) is 7.45. The average molecular weight is 402 g/mol. The Morgan fingerprint density at radius 1 is 1.07 bits per heavy atom. The van der Waals surface area contributed by atoms with E-state index in [4.69, 9.17) is 4.74 Å². The Bertz CT molecular complexity index is 938. The highest BCUT2D eigenvalue weighted by Crippen LogP contribution is 2.14. The standard InChI is InChI=1S/C20H22N2O5S/c1-3-21-19(23)15(2)27-20(24)17-9-11-18(12-10-17)22-28(25,26)14-13-16-7-5-4-6-8-16/h4-15,22H,3H2,1-2H3,(H,21,23)/b14-13+/t15-/m1/s1. The van der Waals surface area contributed by atoms with Crippen molar-refractivity contribution >= 4 is 33.7 Å². The number of anilines is 1. The Kier molecular flexibility index (Phi) is 7.34. The number of sulfonamides is 1. The molecule has 0 saturated heterocycles. The molecule has 0 aliphatic heterocycles. The lowest BCUT2D eigenvalue weighted by Crippen LogP contribution is -2.35. The van der Waals surface area contributed by atoms with Crippen molar-refractivity contribution in [2.45, 2.75) is 20.0 Å². The maximum Gasteiger partial charge on any atom is 0.338 e. The van der Waals surface area contributed by atoms with Crippen LogP contribution in [0.5, 0.6) is 0 Å². The van der Waals surface area contributed by atoms with Gasteiger partial charge in [0.25, 0.3) is 15.9 Å². The number of likely N-dealkylation sites (N-methyl/N-ethyl adjacent to an activating group) is 1. The van der Waals surface area contributed by atoms with E-state index in [1.807, 2.05) is 18.2 Å². The maximum absolute atomic E-state index is 12.1. The number of hydrogen-bond donors (Lipinski definition) is 2. The Balaban J connectivity index is 1.99. The van der Waals surface area contributed by atoms with E-state index in [1.165, 1.54) is 37.3 Å². The largest absolute Gasteiger partial charge is 0.449 e. The molecule has 0 aromatic heterocycles. The number of amides is 1. The zero-order valence-corrected chi connectivity index (χ0v) is 16.4. The Hall–Kier alpha value is -3.13. The fourth-order valence-electron chi connectivity index (χ4n) is 2.21. The van der Waals surface area contributed by atoms with Crippen LogP contribution in [-0.2, 0) is 19.6 Å². The van der Waals surface area contributed by atoms with E-state index in [0.717, 1.165) is 11.0 Å². The lowest BCUT2D eigenvalue weighted by atomic mass is 10.2. The highest BCUT2D eigenvalue weighted by Gasteiger charge is 2.18. The van der Waals surface area contributed by atoms with Gasteiger partial charge in [0.15, 0.2) is 6.10 Å². The molecular weight excluding hydrogens is 380 g/mol. The third-order valence-corrected chi connectivity index (χ3v) is 4.64. The number of esters is 1. The molecule has 7 nitrogen and oxygen atoms in total. The van der Waals surface area contributed by atoms with E-state index in [-0.39, 0.29) is 11.5 Å². The summed E-state index contributed by atoms with van der Waals surface area (Å²) < 4.78 is 31.8. The molecule has 2 rings (SSSR count). The fraction of sp³-hybridized carbons (Fsp3) is 0.200. The van der Waals surface area contributed by atoms with Crippen LogP contribution in [0.25, 0.3) is 6.08 Å². The topological polar surface area (TPSA) is 102 Å². The van der Waals surface area contributed by atoms with Crippen molar-refractivity contribution in [3.8, 4) is 0 Å². The SMILES string of the molecule is CCNC(=O)[C@@H](C)OC(=O)c1ccc(NS(=O)(=O)/C=C/c2ccccc2)cc1. The highest BCUT2D eigenvalue weighted by molar-refractivity contribution is 7.95. The van der Waals surface area contributed by atoms with Crippen molar-refractivity contribution in [3.05, 3.63) is 71.1 Å². The maximum atomic E-state index is 12.1. The quantitative estimate of drug-likeness (QED) is 0.661. The van der Waals surface area contributed by atoms with Crippen LogP contribution >= 0.6 is 0 Å². The monoisotopic (exact) mass is 402 g/mol. The summed E-state index contributed by atoms with van der Waals surface area (Å²) >= 11 is 0. The van der Waals surface area contributed by atoms with Crippen LogP contribution in [0.3, 0.4) is 0 Å². The van der Waals surface area contributed by atoms with E-state index < -0.39 is 22.1 Å². The van der Waals surface area contributed by atoms with Crippen LogP contribution in [0.4, 0.5) is 5.69 Å². The van der Waals surface area contributed by atoms with Crippen LogP contribution in [0.1, 0.15) is 29.8 Å². The number of hydrogen-bond acceptors (Lipinski definition) is 5. The smallest absolute Gasteiger partial charge is 0.338 e. The van der Waals surface area contributed by atoms with Crippen molar-refractivity contribution in [3.63, 3.8) is 0 Å². The predicted octanol–water partition coefficient (Wildman–Crippen LogP) is 2.78. The first-order valence-electron chi connectivity index (χ1n) is 8.65. The molecule has 0 unspecified atom stereocenters. The number of ether oxygens (including phenoxy) is 1. The van der Waals surface area contributed by atoms with Crippen molar-refractivity contribution in [2.75, 3.05) is 11.3 Å². The van der Waals surface area contributed by atoms with E-state index in [9.17, 15) is 18.0 Å². The van der Waals surface area contributed by atoms with Gasteiger partial charge >= 0.3 is 5.97 Å². The molecule has 0 aliphatic carbocycles. The number of rotatable bonds is 8. The van der Waals surface area contributed by atoms with E-state index in [0.29, 0.717) is 12.2 Å². The molecular formula is C20H22N2O5S. The molecule has 148 valence electrons. The van der Waals surface area contributed by atoms with Gasteiger partial charge in [-0.1, -0.05) is 30.3 Å². The second kappa shape index (κ2) is 9.70. The van der Waals surface area contributed by atoms with Gasteiger partial charge < -0.3 is 10.1 Å². The van der Waals surface area contributed by atoms with Gasteiger partial charge in [0.05, 0.1) is 11.0 Å². The first-order valence-corrected chi connectivity index (χ1v) is 10.2. The summed E-state index contributed by atoms with van der Waals surface area (Å²) in [6, 6.07) is 14.8. The van der Waals surface area contributed by atoms with Crippen LogP contribution in [0.2, 0.25) is 0 Å². The van der Waals surface area contributed by atoms with Gasteiger partial charge in [-0.2, -0.15) is 0 Å². The van der Waals surface area contributed by atoms with Gasteiger partial charge in [-0.05, 0) is 49.8 Å². The highest BCUT2D eigenvalue weighted by atomic mass is 32.2. The fourth-order valence-corrected chi connectivity index (χ4v) is 3.07. The van der Waals surface area contributed by atoms with Gasteiger partial charge in [0, 0.05) is 12.2 Å². The van der Waals surface area contributed by atoms with Crippen molar-refractivity contribution in [1.82, 2.24) is 5.32 Å². The summed E-state index contributed by atoms with van der Waals surface area (Å²) in [5, 5.41) is 3.63. The minimum Gasteiger partial charge on any atom is -0.449 e.